The number of aromatic nitrogens is 1. The van der Waals surface area contributed by atoms with Gasteiger partial charge in [-0.05, 0) is 6.07 Å². The van der Waals surface area contributed by atoms with Gasteiger partial charge in [-0.25, -0.2) is 18.0 Å². The number of hydrogen-bond acceptors (Lipinski definition) is 6. The predicted molar refractivity (Wildman–Crippen MR) is 89.8 cm³/mol. The van der Waals surface area contributed by atoms with E-state index in [0.717, 1.165) is 30.0 Å². The minimum absolute atomic E-state index is 0.322. The number of nitrogens with zero attached hydrogens (tertiary/aromatic N) is 1. The molecule has 0 unspecified atom stereocenters. The van der Waals surface area contributed by atoms with Crippen LogP contribution in [0.5, 0.6) is 11.5 Å². The summed E-state index contributed by atoms with van der Waals surface area (Å²) in [6, 6.07) is 2.41. The Morgan fingerprint density at radius 2 is 1.79 bits per heavy atom. The number of rotatable bonds is 8. The van der Waals surface area contributed by atoms with Crippen LogP contribution in [0.1, 0.15) is 20.8 Å². The van der Waals surface area contributed by atoms with Gasteiger partial charge in [-0.1, -0.05) is 0 Å². The number of methoxy groups -OCH3 is 1. The van der Waals surface area contributed by atoms with E-state index in [1.54, 1.807) is 0 Å². The number of carboxylic acids is 2. The van der Waals surface area contributed by atoms with Gasteiger partial charge >= 0.3 is 18.6 Å². The molecule has 3 N–H and O–H groups in total. The minimum atomic E-state index is -4.41. The zero-order chi connectivity index (χ0) is 21.2. The van der Waals surface area contributed by atoms with Crippen LogP contribution < -0.4 is 14.2 Å². The van der Waals surface area contributed by atoms with Crippen LogP contribution >= 0.6 is 0 Å². The average Bonchev–Trinajstić information content (AvgIpc) is 2.97. The van der Waals surface area contributed by atoms with Gasteiger partial charge in [-0.2, -0.15) is 8.78 Å². The summed E-state index contributed by atoms with van der Waals surface area (Å²) in [5.41, 5.74) is -1.50. The van der Waals surface area contributed by atoms with Crippen LogP contribution in [0, 0.1) is 0 Å². The molecule has 0 bridgehead atoms. The van der Waals surface area contributed by atoms with E-state index in [2.05, 4.69) is 4.74 Å². The number of anilines is 1. The number of ether oxygens (including phenoxy) is 2. The smallest absolute Gasteiger partial charge is 0.387 e. The molecule has 1 heterocycles. The second-order valence-corrected chi connectivity index (χ2v) is 7.00. The monoisotopic (exact) mass is 420 g/mol. The molecule has 13 heteroatoms. The van der Waals surface area contributed by atoms with Crippen molar-refractivity contribution < 1.29 is 46.5 Å². The van der Waals surface area contributed by atoms with E-state index in [4.69, 9.17) is 9.84 Å². The lowest BCUT2D eigenvalue weighted by Gasteiger charge is -2.15. The summed E-state index contributed by atoms with van der Waals surface area (Å²) in [6.45, 7) is -3.27. The molecule has 0 aliphatic carbocycles. The first-order valence-corrected chi connectivity index (χ1v) is 8.77. The number of carbonyl (C=O) groups is 2. The second kappa shape index (κ2) is 7.72. The van der Waals surface area contributed by atoms with E-state index in [9.17, 15) is 31.9 Å². The van der Waals surface area contributed by atoms with Gasteiger partial charge in [0.05, 0.1) is 18.4 Å². The average molecular weight is 420 g/mol. The van der Waals surface area contributed by atoms with Crippen LogP contribution in [0.4, 0.5) is 14.5 Å². The maximum atomic E-state index is 12.5. The predicted octanol–water partition coefficient (Wildman–Crippen LogP) is 1.83. The highest BCUT2D eigenvalue weighted by atomic mass is 32.2. The van der Waals surface area contributed by atoms with Crippen LogP contribution in [0.3, 0.4) is 0 Å². The molecule has 10 nitrogen and oxygen atoms in total. The van der Waals surface area contributed by atoms with Crippen LogP contribution in [0.2, 0.25) is 0 Å². The highest BCUT2D eigenvalue weighted by molar-refractivity contribution is 7.92. The molecule has 28 heavy (non-hydrogen) atoms. The van der Waals surface area contributed by atoms with E-state index >= 15 is 0 Å². The summed E-state index contributed by atoms with van der Waals surface area (Å²) in [4.78, 5) is 22.0. The van der Waals surface area contributed by atoms with Crippen molar-refractivity contribution in [2.24, 2.45) is 7.05 Å². The van der Waals surface area contributed by atoms with Crippen LogP contribution in [-0.2, 0) is 17.1 Å². The summed E-state index contributed by atoms with van der Waals surface area (Å²) < 4.78 is 62.0. The van der Waals surface area contributed by atoms with Crippen molar-refractivity contribution in [1.82, 2.24) is 4.57 Å². The molecule has 0 aliphatic rings. The van der Waals surface area contributed by atoms with Gasteiger partial charge in [0.25, 0.3) is 10.0 Å². The summed E-state index contributed by atoms with van der Waals surface area (Å²) in [6.07, 6.45) is 1.01. The lowest BCUT2D eigenvalue weighted by atomic mass is 10.1. The molecule has 0 saturated carbocycles. The number of hydrogen-bond donors (Lipinski definition) is 3. The molecule has 0 amide bonds. The maximum Gasteiger partial charge on any atom is 0.387 e. The molecular weight excluding hydrogens is 406 g/mol. The molecule has 2 rings (SSSR count). The molecule has 0 spiro atoms. The van der Waals surface area contributed by atoms with Gasteiger partial charge in [0.2, 0.25) is 0 Å². The number of halogens is 2. The van der Waals surface area contributed by atoms with Crippen molar-refractivity contribution in [3.05, 3.63) is 35.7 Å². The first kappa shape index (κ1) is 21.0. The van der Waals surface area contributed by atoms with Gasteiger partial charge in [0.1, 0.15) is 10.6 Å². The first-order valence-electron chi connectivity index (χ1n) is 7.29. The van der Waals surface area contributed by atoms with Crippen molar-refractivity contribution in [2.45, 2.75) is 11.5 Å². The van der Waals surface area contributed by atoms with Crippen molar-refractivity contribution >= 4 is 27.6 Å². The van der Waals surface area contributed by atoms with Crippen LogP contribution in [-0.4, -0.2) is 48.9 Å². The zero-order valence-corrected chi connectivity index (χ0v) is 15.2. The third-order valence-electron chi connectivity index (χ3n) is 3.50. The molecule has 0 atom stereocenters. The van der Waals surface area contributed by atoms with Crippen molar-refractivity contribution in [3.8, 4) is 11.5 Å². The van der Waals surface area contributed by atoms with Crippen molar-refractivity contribution in [3.63, 3.8) is 0 Å². The Kier molecular flexibility index (Phi) is 5.78. The van der Waals surface area contributed by atoms with E-state index < -0.39 is 50.5 Å². The van der Waals surface area contributed by atoms with E-state index in [1.807, 2.05) is 4.72 Å². The number of nitrogens with one attached hydrogen (secondary N) is 1. The molecular formula is C15H14F2N2O8S. The summed E-state index contributed by atoms with van der Waals surface area (Å²) in [5, 5.41) is 18.3. The Balaban J connectivity index is 2.53. The van der Waals surface area contributed by atoms with E-state index in [1.165, 1.54) is 7.05 Å². The van der Waals surface area contributed by atoms with Crippen LogP contribution in [0.15, 0.2) is 29.3 Å². The minimum Gasteiger partial charge on any atom is -0.493 e. The van der Waals surface area contributed by atoms with Gasteiger partial charge < -0.3 is 24.3 Å². The Morgan fingerprint density at radius 3 is 2.25 bits per heavy atom. The van der Waals surface area contributed by atoms with E-state index in [-0.39, 0.29) is 11.4 Å². The Hall–Kier alpha value is -3.35. The number of alkyl halides is 2. The lowest BCUT2D eigenvalue weighted by molar-refractivity contribution is -0.0512. The molecule has 1 aromatic heterocycles. The van der Waals surface area contributed by atoms with E-state index in [0.29, 0.717) is 6.07 Å². The standard InChI is InChI=1S/C15H14F2N2O8S/c1-19-6-7(3-10(19)14(22)23)28(24,25)18-9-5-11(26-2)12(27-15(16)17)4-8(9)13(20)21/h3-6,15,18H,1-2H3,(H,20,21)(H,22,23). The zero-order valence-electron chi connectivity index (χ0n) is 14.3. The second-order valence-electron chi connectivity index (χ2n) is 5.31. The van der Waals surface area contributed by atoms with Gasteiger partial charge in [-0.15, -0.1) is 0 Å². The molecule has 152 valence electrons. The fourth-order valence-electron chi connectivity index (χ4n) is 2.27. The lowest BCUT2D eigenvalue weighted by Crippen LogP contribution is -2.16. The number of aryl methyl sites for hydroxylation is 1. The summed E-state index contributed by atoms with van der Waals surface area (Å²) in [5.74, 6) is -3.95. The highest BCUT2D eigenvalue weighted by Crippen LogP contribution is 2.35. The molecule has 2 aromatic rings. The third-order valence-corrected chi connectivity index (χ3v) is 4.84. The number of aromatic carboxylic acids is 2. The Labute approximate surface area is 157 Å². The fourth-order valence-corrected chi connectivity index (χ4v) is 3.41. The Morgan fingerprint density at radius 1 is 1.14 bits per heavy atom. The van der Waals surface area contributed by atoms with Crippen molar-refractivity contribution in [2.75, 3.05) is 11.8 Å². The third kappa shape index (κ3) is 4.31. The van der Waals surface area contributed by atoms with Gasteiger partial charge in [-0.3, -0.25) is 4.72 Å². The molecule has 0 fully saturated rings. The van der Waals surface area contributed by atoms with Gasteiger partial charge in [0, 0.05) is 25.4 Å². The van der Waals surface area contributed by atoms with Gasteiger partial charge in [0.15, 0.2) is 11.5 Å². The highest BCUT2D eigenvalue weighted by Gasteiger charge is 2.25. The summed E-state index contributed by atoms with van der Waals surface area (Å²) >= 11 is 0. The summed E-state index contributed by atoms with van der Waals surface area (Å²) in [7, 11) is -2.01. The normalized spacial score (nSPS) is 11.3. The molecule has 1 aromatic carbocycles. The SMILES string of the molecule is COc1cc(NS(=O)(=O)c2cc(C(=O)O)n(C)c2)c(C(=O)O)cc1OC(F)F. The molecule has 0 aliphatic heterocycles. The van der Waals surface area contributed by atoms with Crippen molar-refractivity contribution in [1.29, 1.82) is 0 Å². The topological polar surface area (TPSA) is 144 Å². The number of benzene rings is 1. The Bertz CT molecular complexity index is 1030. The largest absolute Gasteiger partial charge is 0.493 e. The molecule has 0 radical (unpaired) electrons. The van der Waals surface area contributed by atoms with Crippen LogP contribution in [0.25, 0.3) is 0 Å². The fraction of sp³-hybridized carbons (Fsp3) is 0.200. The maximum absolute atomic E-state index is 12.5. The number of sulfonamides is 1. The number of carboxylic acid groups (broad SMARTS) is 2. The first-order chi connectivity index (χ1) is 13.0. The quantitative estimate of drug-likeness (QED) is 0.587. The molecule has 0 saturated heterocycles.